The number of unbranched alkanes of at least 4 members (excludes halogenated alkanes) is 43. The highest BCUT2D eigenvalue weighted by Crippen LogP contribution is 2.17. The van der Waals surface area contributed by atoms with Gasteiger partial charge in [0.1, 0.15) is 13.2 Å². The van der Waals surface area contributed by atoms with Gasteiger partial charge < -0.3 is 14.2 Å². The molecule has 0 saturated heterocycles. The first kappa shape index (κ1) is 70.6. The van der Waals surface area contributed by atoms with E-state index in [1.54, 1.807) is 0 Å². The molecule has 0 aromatic rings. The van der Waals surface area contributed by atoms with Crippen LogP contribution in [0.3, 0.4) is 0 Å². The molecule has 0 bridgehead atoms. The number of hydrogen-bond acceptors (Lipinski definition) is 6. The van der Waals surface area contributed by atoms with Gasteiger partial charge in [0.25, 0.3) is 0 Å². The number of carbonyl (C=O) groups is 3. The molecule has 0 fully saturated rings. The Morgan fingerprint density at radius 2 is 0.493 bits per heavy atom. The Labute approximate surface area is 455 Å². The maximum absolute atomic E-state index is 12.9. The number of rotatable bonds is 60. The fraction of sp³-hybridized carbons (Fsp3) is 0.866. The largest absolute Gasteiger partial charge is 0.462 e. The first-order chi connectivity index (χ1) is 36.0. The highest BCUT2D eigenvalue weighted by atomic mass is 16.6. The van der Waals surface area contributed by atoms with Crippen LogP contribution in [0.5, 0.6) is 0 Å². The second-order valence-corrected chi connectivity index (χ2v) is 22.0. The maximum atomic E-state index is 12.9. The summed E-state index contributed by atoms with van der Waals surface area (Å²) in [6.45, 7) is 6.67. The van der Waals surface area contributed by atoms with Gasteiger partial charge >= 0.3 is 17.9 Å². The van der Waals surface area contributed by atoms with Crippen molar-refractivity contribution in [1.29, 1.82) is 0 Å². The topological polar surface area (TPSA) is 78.9 Å². The normalized spacial score (nSPS) is 12.2. The van der Waals surface area contributed by atoms with Gasteiger partial charge in [-0.1, -0.05) is 295 Å². The first-order valence-corrected chi connectivity index (χ1v) is 32.5. The van der Waals surface area contributed by atoms with Gasteiger partial charge in [0.2, 0.25) is 0 Å². The van der Waals surface area contributed by atoms with Crippen LogP contribution in [0, 0.1) is 0 Å². The third-order valence-electron chi connectivity index (χ3n) is 14.6. The van der Waals surface area contributed by atoms with Gasteiger partial charge in [-0.25, -0.2) is 0 Å². The summed E-state index contributed by atoms with van der Waals surface area (Å²) >= 11 is 0. The van der Waals surface area contributed by atoms with Crippen molar-refractivity contribution in [2.24, 2.45) is 0 Å². The van der Waals surface area contributed by atoms with Gasteiger partial charge in [0, 0.05) is 19.3 Å². The van der Waals surface area contributed by atoms with Gasteiger partial charge in [-0.05, 0) is 77.0 Å². The summed E-state index contributed by atoms with van der Waals surface area (Å²) in [5, 5.41) is 0. The predicted molar refractivity (Wildman–Crippen MR) is 316 cm³/mol. The summed E-state index contributed by atoms with van der Waals surface area (Å²) in [4.78, 5) is 38.3. The zero-order valence-electron chi connectivity index (χ0n) is 49.2. The Balaban J connectivity index is 4.34. The van der Waals surface area contributed by atoms with Crippen LogP contribution >= 0.6 is 0 Å². The lowest BCUT2D eigenvalue weighted by molar-refractivity contribution is -0.167. The van der Waals surface area contributed by atoms with Crippen LogP contribution in [0.4, 0.5) is 0 Å². The monoisotopic (exact) mass is 1020 g/mol. The molecule has 0 aromatic heterocycles. The second kappa shape index (κ2) is 62.2. The molecule has 428 valence electrons. The Hall–Kier alpha value is -2.37. The average molecular weight is 1030 g/mol. The van der Waals surface area contributed by atoms with Crippen LogP contribution in [0.15, 0.2) is 36.5 Å². The van der Waals surface area contributed by atoms with Gasteiger partial charge in [0.05, 0.1) is 0 Å². The molecule has 6 heteroatoms. The molecule has 0 spiro atoms. The molecule has 0 aliphatic carbocycles. The van der Waals surface area contributed by atoms with Crippen LogP contribution in [-0.4, -0.2) is 37.2 Å². The molecule has 0 aliphatic heterocycles. The standard InChI is InChI=1S/C67H124O6/c1-4-7-10-13-16-19-22-25-28-31-33-36-39-42-45-48-51-54-57-60-66(69)72-63-64(62-71-65(68)59-56-53-50-47-44-41-38-35-30-27-24-21-18-15-12-9-6-3)73-67(70)61-58-55-52-49-46-43-40-37-34-32-29-26-23-20-17-14-11-8-5-2/h18,21,27,30-31,33,64H,4-17,19-20,22-26,28-29,32,34-63H2,1-3H3/b21-18-,30-27-,33-31-. The summed E-state index contributed by atoms with van der Waals surface area (Å²) in [7, 11) is 0. The number of allylic oxidation sites excluding steroid dienone is 6. The summed E-state index contributed by atoms with van der Waals surface area (Å²) in [6.07, 6.45) is 75.7. The van der Waals surface area contributed by atoms with Crippen LogP contribution in [0.2, 0.25) is 0 Å². The molecule has 0 aromatic carbocycles. The third kappa shape index (κ3) is 60.4. The van der Waals surface area contributed by atoms with E-state index in [0.29, 0.717) is 19.3 Å². The van der Waals surface area contributed by atoms with Crippen molar-refractivity contribution >= 4 is 17.9 Å². The van der Waals surface area contributed by atoms with Crippen molar-refractivity contribution < 1.29 is 28.6 Å². The minimum absolute atomic E-state index is 0.0728. The van der Waals surface area contributed by atoms with E-state index in [0.717, 1.165) is 70.6 Å². The van der Waals surface area contributed by atoms with Crippen LogP contribution in [-0.2, 0) is 28.6 Å². The SMILES string of the molecule is CCCCC/C=C\C/C=C\CCCCCCCCCC(=O)OCC(COC(=O)CCCCCCCCC/C=C\CCCCCCCCCC)OC(=O)CCCCCCCCCCCCCCCCCCCCC. The Morgan fingerprint density at radius 1 is 0.274 bits per heavy atom. The number of ether oxygens (including phenoxy) is 3. The van der Waals surface area contributed by atoms with Crippen molar-refractivity contribution in [3.63, 3.8) is 0 Å². The molecule has 0 N–H and O–H groups in total. The Morgan fingerprint density at radius 3 is 0.795 bits per heavy atom. The minimum atomic E-state index is -0.775. The van der Waals surface area contributed by atoms with E-state index < -0.39 is 6.10 Å². The van der Waals surface area contributed by atoms with Crippen molar-refractivity contribution in [1.82, 2.24) is 0 Å². The number of esters is 3. The molecular weight excluding hydrogens is 901 g/mol. The van der Waals surface area contributed by atoms with E-state index in [1.807, 2.05) is 0 Å². The molecule has 1 atom stereocenters. The van der Waals surface area contributed by atoms with Gasteiger partial charge in [-0.15, -0.1) is 0 Å². The quantitative estimate of drug-likeness (QED) is 0.0261. The lowest BCUT2D eigenvalue weighted by Gasteiger charge is -2.18. The molecule has 1 unspecified atom stereocenters. The van der Waals surface area contributed by atoms with Crippen LogP contribution < -0.4 is 0 Å². The summed E-state index contributed by atoms with van der Waals surface area (Å²) in [6, 6.07) is 0. The van der Waals surface area contributed by atoms with E-state index in [4.69, 9.17) is 14.2 Å². The van der Waals surface area contributed by atoms with Gasteiger partial charge in [-0.2, -0.15) is 0 Å². The molecule has 6 nitrogen and oxygen atoms in total. The smallest absolute Gasteiger partial charge is 0.306 e. The number of carbonyl (C=O) groups excluding carboxylic acids is 3. The fourth-order valence-electron chi connectivity index (χ4n) is 9.71. The van der Waals surface area contributed by atoms with E-state index in [9.17, 15) is 14.4 Å². The Kier molecular flexibility index (Phi) is 60.2. The molecule has 0 aliphatic rings. The van der Waals surface area contributed by atoms with E-state index in [-0.39, 0.29) is 31.1 Å². The average Bonchev–Trinajstić information content (AvgIpc) is 3.39. The Bertz CT molecular complexity index is 1220. The van der Waals surface area contributed by atoms with Gasteiger partial charge in [-0.3, -0.25) is 14.4 Å². The molecule has 0 saturated carbocycles. The molecule has 0 heterocycles. The van der Waals surface area contributed by atoms with Crippen molar-refractivity contribution in [3.05, 3.63) is 36.5 Å². The second-order valence-electron chi connectivity index (χ2n) is 22.0. The van der Waals surface area contributed by atoms with E-state index in [2.05, 4.69) is 57.2 Å². The first-order valence-electron chi connectivity index (χ1n) is 32.5. The van der Waals surface area contributed by atoms with Crippen molar-refractivity contribution in [2.75, 3.05) is 13.2 Å². The summed E-state index contributed by atoms with van der Waals surface area (Å²) in [5.74, 6) is -0.859. The molecule has 0 amide bonds. The highest BCUT2D eigenvalue weighted by molar-refractivity contribution is 5.71. The molecule has 0 radical (unpaired) electrons. The lowest BCUT2D eigenvalue weighted by Crippen LogP contribution is -2.30. The van der Waals surface area contributed by atoms with Crippen molar-refractivity contribution in [2.45, 2.75) is 361 Å². The van der Waals surface area contributed by atoms with E-state index in [1.165, 1.54) is 244 Å². The van der Waals surface area contributed by atoms with Crippen molar-refractivity contribution in [3.8, 4) is 0 Å². The lowest BCUT2D eigenvalue weighted by atomic mass is 10.0. The highest BCUT2D eigenvalue weighted by Gasteiger charge is 2.19. The maximum Gasteiger partial charge on any atom is 0.306 e. The molecule has 0 rings (SSSR count). The third-order valence-corrected chi connectivity index (χ3v) is 14.6. The molecular formula is C67H124O6. The minimum Gasteiger partial charge on any atom is -0.462 e. The molecule has 73 heavy (non-hydrogen) atoms. The predicted octanol–water partition coefficient (Wildman–Crippen LogP) is 22.0. The zero-order valence-corrected chi connectivity index (χ0v) is 49.2. The van der Waals surface area contributed by atoms with Gasteiger partial charge in [0.15, 0.2) is 6.10 Å². The number of hydrogen-bond donors (Lipinski definition) is 0. The zero-order chi connectivity index (χ0) is 52.9. The van der Waals surface area contributed by atoms with E-state index >= 15 is 0 Å². The van der Waals surface area contributed by atoms with Crippen LogP contribution in [0.25, 0.3) is 0 Å². The fourth-order valence-corrected chi connectivity index (χ4v) is 9.71. The summed E-state index contributed by atoms with van der Waals surface area (Å²) in [5.41, 5.74) is 0. The summed E-state index contributed by atoms with van der Waals surface area (Å²) < 4.78 is 17.0. The van der Waals surface area contributed by atoms with Crippen LogP contribution in [0.1, 0.15) is 355 Å².